The Kier molecular flexibility index (Phi) is 6.28. The number of halogens is 6. The second kappa shape index (κ2) is 9.37. The number of hydrogen-bond donors (Lipinski definition) is 1. The van der Waals surface area contributed by atoms with Gasteiger partial charge in [0, 0.05) is 22.9 Å². The molecule has 4 nitrogen and oxygen atoms in total. The highest BCUT2D eigenvalue weighted by molar-refractivity contribution is 6.18. The van der Waals surface area contributed by atoms with E-state index in [2.05, 4.69) is 6.07 Å². The molecule has 1 radical (unpaired) electrons. The zero-order chi connectivity index (χ0) is 28.1. The van der Waals surface area contributed by atoms with Crippen molar-refractivity contribution in [3.8, 4) is 16.9 Å². The summed E-state index contributed by atoms with van der Waals surface area (Å²) in [6.45, 7) is -0.422. The Morgan fingerprint density at radius 3 is 2.23 bits per heavy atom. The number of carbonyl (C=O) groups excluding carboxylic acids is 1. The number of hydrogen-bond acceptors (Lipinski definition) is 2. The standard InChI is InChI=1S/C29H19F6N2O2/c1-39-20-10-6-16(7-11-20)17-8-12-21-25(13-17)37(24-4-2-3-22(26(21)24)27(36)38)15-18-5-9-19(28(30,31)32)14-23(18)29(33,34)35/h2-11,13-14H,15H2,1H3,(H2,36,38). The second-order valence-electron chi connectivity index (χ2n) is 8.89. The average Bonchev–Trinajstić information content (AvgIpc) is 3.20. The van der Waals surface area contributed by atoms with Crippen LogP contribution in [0.4, 0.5) is 26.3 Å². The van der Waals surface area contributed by atoms with Gasteiger partial charge < -0.3 is 15.0 Å². The van der Waals surface area contributed by atoms with Crippen LogP contribution in [0.15, 0.2) is 72.8 Å². The third kappa shape index (κ3) is 4.78. The number of fused-ring (bicyclic) bond motifs is 3. The first kappa shape index (κ1) is 26.1. The fraction of sp³-hybridized carbons (Fsp3) is 0.138. The molecule has 5 rings (SSSR count). The van der Waals surface area contributed by atoms with Crippen molar-refractivity contribution in [2.45, 2.75) is 18.9 Å². The summed E-state index contributed by atoms with van der Waals surface area (Å²) >= 11 is 0. The summed E-state index contributed by atoms with van der Waals surface area (Å²) in [6.07, 6.45) is -9.97. The zero-order valence-electron chi connectivity index (χ0n) is 20.2. The molecule has 1 heterocycles. The topological polar surface area (TPSA) is 57.2 Å². The average molecular weight is 541 g/mol. The van der Waals surface area contributed by atoms with Crippen LogP contribution in [0.3, 0.4) is 0 Å². The van der Waals surface area contributed by atoms with Gasteiger partial charge in [0.25, 0.3) is 0 Å². The van der Waals surface area contributed by atoms with Crippen molar-refractivity contribution in [2.75, 3.05) is 7.11 Å². The van der Waals surface area contributed by atoms with Gasteiger partial charge in [-0.1, -0.05) is 24.3 Å². The van der Waals surface area contributed by atoms with E-state index in [9.17, 15) is 31.1 Å². The van der Waals surface area contributed by atoms with Crippen molar-refractivity contribution in [1.29, 1.82) is 0 Å². The maximum Gasteiger partial charge on any atom is 0.416 e. The van der Waals surface area contributed by atoms with E-state index in [1.807, 2.05) is 0 Å². The molecule has 199 valence electrons. The predicted molar refractivity (Wildman–Crippen MR) is 134 cm³/mol. The minimum absolute atomic E-state index is 0.118. The van der Waals surface area contributed by atoms with Crippen LogP contribution in [-0.4, -0.2) is 17.6 Å². The highest BCUT2D eigenvalue weighted by atomic mass is 19.4. The van der Waals surface area contributed by atoms with E-state index < -0.39 is 35.9 Å². The first-order valence-corrected chi connectivity index (χ1v) is 11.6. The van der Waals surface area contributed by atoms with Gasteiger partial charge in [0.1, 0.15) is 5.75 Å². The molecule has 1 amide bonds. The van der Waals surface area contributed by atoms with Crippen molar-refractivity contribution in [3.63, 3.8) is 0 Å². The molecule has 39 heavy (non-hydrogen) atoms. The Labute approximate surface area is 218 Å². The van der Waals surface area contributed by atoms with Crippen LogP contribution in [0.2, 0.25) is 0 Å². The highest BCUT2D eigenvalue weighted by Gasteiger charge is 2.38. The molecule has 0 aliphatic heterocycles. The first-order valence-electron chi connectivity index (χ1n) is 11.6. The van der Waals surface area contributed by atoms with Crippen molar-refractivity contribution < 1.29 is 35.9 Å². The maximum atomic E-state index is 13.9. The molecule has 10 heteroatoms. The predicted octanol–water partition coefficient (Wildman–Crippen LogP) is 7.46. The van der Waals surface area contributed by atoms with Crippen LogP contribution in [0.1, 0.15) is 27.0 Å². The lowest BCUT2D eigenvalue weighted by Crippen LogP contribution is -2.15. The van der Waals surface area contributed by atoms with Gasteiger partial charge in [-0.3, -0.25) is 4.79 Å². The number of carbonyl (C=O) groups is 1. The van der Waals surface area contributed by atoms with Crippen LogP contribution in [0.25, 0.3) is 32.9 Å². The molecule has 0 aliphatic rings. The fourth-order valence-electron chi connectivity index (χ4n) is 4.71. The van der Waals surface area contributed by atoms with Gasteiger partial charge in [-0.25, -0.2) is 0 Å². The minimum atomic E-state index is -5.03. The lowest BCUT2D eigenvalue weighted by Gasteiger charge is -2.17. The summed E-state index contributed by atoms with van der Waals surface area (Å²) in [5, 5.41) is 0.832. The summed E-state index contributed by atoms with van der Waals surface area (Å²) in [6, 6.07) is 19.9. The number of methoxy groups -OCH3 is 1. The van der Waals surface area contributed by atoms with Crippen LogP contribution in [0.5, 0.6) is 5.75 Å². The van der Waals surface area contributed by atoms with E-state index in [1.165, 1.54) is 17.7 Å². The quantitative estimate of drug-likeness (QED) is 0.235. The number of amides is 1. The SMILES string of the molecule is COc1ccc(-c2c[c]c3c4c(C(N)=O)cccc4n(Cc4ccc(C(F)(F)F)cc4C(F)(F)F)c3c2)cc1. The number of aromatic nitrogens is 1. The zero-order valence-corrected chi connectivity index (χ0v) is 20.2. The van der Waals surface area contributed by atoms with E-state index in [0.29, 0.717) is 39.2 Å². The number of nitrogens with two attached hydrogens (primary N) is 1. The van der Waals surface area contributed by atoms with Crippen LogP contribution < -0.4 is 10.5 Å². The molecule has 0 unspecified atom stereocenters. The molecule has 2 N–H and O–H groups in total. The van der Waals surface area contributed by atoms with Gasteiger partial charge >= 0.3 is 12.4 Å². The van der Waals surface area contributed by atoms with Crippen LogP contribution in [-0.2, 0) is 18.9 Å². The van der Waals surface area contributed by atoms with Gasteiger partial charge in [0.15, 0.2) is 0 Å². The van der Waals surface area contributed by atoms with E-state index in [1.54, 1.807) is 48.5 Å². The summed E-state index contributed by atoms with van der Waals surface area (Å²) in [5.41, 5.74) is 4.84. The van der Waals surface area contributed by atoms with Crippen molar-refractivity contribution in [2.24, 2.45) is 5.73 Å². The van der Waals surface area contributed by atoms with Crippen LogP contribution >= 0.6 is 0 Å². The largest absolute Gasteiger partial charge is 0.497 e. The molecule has 0 fully saturated rings. The van der Waals surface area contributed by atoms with E-state index >= 15 is 0 Å². The molecule has 5 aromatic rings. The number of benzene rings is 4. The van der Waals surface area contributed by atoms with Crippen molar-refractivity contribution in [1.82, 2.24) is 4.57 Å². The first-order chi connectivity index (χ1) is 18.4. The Morgan fingerprint density at radius 1 is 0.897 bits per heavy atom. The molecule has 0 atom stereocenters. The summed E-state index contributed by atoms with van der Waals surface area (Å²) < 4.78 is 88.2. The van der Waals surface area contributed by atoms with Gasteiger partial charge in [-0.2, -0.15) is 26.3 Å². The Morgan fingerprint density at radius 2 is 1.62 bits per heavy atom. The maximum absolute atomic E-state index is 13.9. The number of primary amides is 1. The number of nitrogens with zero attached hydrogens (tertiary/aromatic N) is 1. The summed E-state index contributed by atoms with van der Waals surface area (Å²) in [5.74, 6) is -0.108. The molecule has 0 saturated carbocycles. The van der Waals surface area contributed by atoms with Gasteiger partial charge in [-0.05, 0) is 71.3 Å². The molecule has 0 bridgehead atoms. The van der Waals surface area contributed by atoms with E-state index in [4.69, 9.17) is 10.5 Å². The number of ether oxygens (including phenoxy) is 1. The third-order valence-electron chi connectivity index (χ3n) is 6.55. The van der Waals surface area contributed by atoms with Crippen molar-refractivity contribution in [3.05, 3.63) is 101 Å². The van der Waals surface area contributed by atoms with Gasteiger partial charge in [0.05, 0.1) is 29.3 Å². The second-order valence-corrected chi connectivity index (χ2v) is 8.89. The van der Waals surface area contributed by atoms with E-state index in [-0.39, 0.29) is 17.2 Å². The molecule has 4 aromatic carbocycles. The Hall–Kier alpha value is -4.47. The minimum Gasteiger partial charge on any atom is -0.497 e. The van der Waals surface area contributed by atoms with Gasteiger partial charge in [-0.15, -0.1) is 0 Å². The lowest BCUT2D eigenvalue weighted by atomic mass is 10.0. The lowest BCUT2D eigenvalue weighted by molar-refractivity contribution is -0.143. The normalized spacial score (nSPS) is 12.3. The van der Waals surface area contributed by atoms with E-state index in [0.717, 1.165) is 11.6 Å². The van der Waals surface area contributed by atoms with Gasteiger partial charge in [0.2, 0.25) is 5.91 Å². The number of alkyl halides is 6. The molecule has 0 aliphatic carbocycles. The number of rotatable bonds is 5. The molecular weight excluding hydrogens is 522 g/mol. The monoisotopic (exact) mass is 541 g/mol. The smallest absolute Gasteiger partial charge is 0.416 e. The molecule has 1 aromatic heterocycles. The molecular formula is C29H19F6N2O2. The Bertz CT molecular complexity index is 1720. The Balaban J connectivity index is 1.76. The van der Waals surface area contributed by atoms with Crippen LogP contribution in [0, 0.1) is 6.07 Å². The molecule has 0 spiro atoms. The van der Waals surface area contributed by atoms with Crippen molar-refractivity contribution >= 4 is 27.7 Å². The summed E-state index contributed by atoms with van der Waals surface area (Å²) in [7, 11) is 1.53. The molecule has 0 saturated heterocycles. The highest BCUT2D eigenvalue weighted by Crippen LogP contribution is 2.40. The summed E-state index contributed by atoms with van der Waals surface area (Å²) in [4.78, 5) is 12.2. The third-order valence-corrected chi connectivity index (χ3v) is 6.55. The fourth-order valence-corrected chi connectivity index (χ4v) is 4.71.